The van der Waals surface area contributed by atoms with Gasteiger partial charge in [0.05, 0.1) is 0 Å². The number of hydrogen-bond acceptors (Lipinski definition) is 4. The van der Waals surface area contributed by atoms with Gasteiger partial charge in [0.25, 0.3) is 0 Å². The Bertz CT molecular complexity index is 537. The van der Waals surface area contributed by atoms with E-state index in [1.807, 2.05) is 24.3 Å². The van der Waals surface area contributed by atoms with Gasteiger partial charge in [-0.05, 0) is 67.0 Å². The molecule has 0 aliphatic rings. The topological polar surface area (TPSA) is 83.2 Å². The van der Waals surface area contributed by atoms with Crippen molar-refractivity contribution in [2.75, 3.05) is 54.4 Å². The lowest BCUT2D eigenvalue weighted by molar-refractivity contribution is 0.392. The smallest absolute Gasteiger partial charge is 0.125 e. The highest BCUT2D eigenvalue weighted by Gasteiger charge is 2.02. The summed E-state index contributed by atoms with van der Waals surface area (Å²) >= 11 is 0. The fourth-order valence-corrected chi connectivity index (χ4v) is 2.83. The van der Waals surface area contributed by atoms with Gasteiger partial charge in [0.2, 0.25) is 0 Å². The molecule has 1 aromatic rings. The highest BCUT2D eigenvalue weighted by molar-refractivity contribution is 6.00. The first-order valence-electron chi connectivity index (χ1n) is 10.4. The van der Waals surface area contributed by atoms with E-state index in [4.69, 9.17) is 11.5 Å². The van der Waals surface area contributed by atoms with E-state index in [0.29, 0.717) is 11.7 Å². The number of unbranched alkanes of at least 4 members (excludes halogenated alkanes) is 4. The Labute approximate surface area is 171 Å². The van der Waals surface area contributed by atoms with Crippen LogP contribution in [0.15, 0.2) is 34.3 Å². The molecule has 0 bridgehead atoms. The van der Waals surface area contributed by atoms with Crippen molar-refractivity contribution in [2.24, 2.45) is 21.5 Å². The predicted molar refractivity (Wildman–Crippen MR) is 122 cm³/mol. The second kappa shape index (κ2) is 14.1. The fourth-order valence-electron chi connectivity index (χ4n) is 2.83. The highest BCUT2D eigenvalue weighted by Crippen LogP contribution is 2.06. The van der Waals surface area contributed by atoms with Crippen LogP contribution in [0, 0.1) is 0 Å². The number of nitrogens with zero attached hydrogens (tertiary/aromatic N) is 4. The van der Waals surface area contributed by atoms with Gasteiger partial charge >= 0.3 is 0 Å². The van der Waals surface area contributed by atoms with Crippen molar-refractivity contribution in [1.82, 2.24) is 9.80 Å². The van der Waals surface area contributed by atoms with E-state index in [0.717, 1.165) is 50.1 Å². The van der Waals surface area contributed by atoms with Crippen LogP contribution in [0.3, 0.4) is 0 Å². The normalized spacial score (nSPS) is 12.9. The first-order valence-corrected chi connectivity index (χ1v) is 10.4. The molecule has 0 heterocycles. The molecule has 0 aliphatic carbocycles. The maximum Gasteiger partial charge on any atom is 0.125 e. The lowest BCUT2D eigenvalue weighted by atomic mass is 10.1. The minimum Gasteiger partial charge on any atom is -0.384 e. The second-order valence-electron chi connectivity index (χ2n) is 7.84. The van der Waals surface area contributed by atoms with Gasteiger partial charge in [0.15, 0.2) is 0 Å². The summed E-state index contributed by atoms with van der Waals surface area (Å²) in [5.41, 5.74) is 14.1. The third-order valence-electron chi connectivity index (χ3n) is 4.57. The van der Waals surface area contributed by atoms with E-state index in [9.17, 15) is 0 Å². The highest BCUT2D eigenvalue weighted by atomic mass is 15.0. The van der Waals surface area contributed by atoms with Crippen molar-refractivity contribution < 1.29 is 0 Å². The fraction of sp³-hybridized carbons (Fsp3) is 0.636. The largest absolute Gasteiger partial charge is 0.384 e. The standard InChI is InChI=1S/C22H40N6/c1-27(2)17-9-5-7-15-25-21(23)19-11-13-20(14-12-19)22(24)26-16-8-6-10-18-28(3)4/h11-14H,5-10,15-18H2,1-4H3,(H2,23,25)(H2,24,26). The van der Waals surface area contributed by atoms with Gasteiger partial charge < -0.3 is 21.3 Å². The van der Waals surface area contributed by atoms with Crippen molar-refractivity contribution in [1.29, 1.82) is 0 Å². The van der Waals surface area contributed by atoms with E-state index in [2.05, 4.69) is 48.0 Å². The molecule has 1 rings (SSSR count). The van der Waals surface area contributed by atoms with Crippen LogP contribution in [0.5, 0.6) is 0 Å². The van der Waals surface area contributed by atoms with Crippen molar-refractivity contribution in [3.8, 4) is 0 Å². The Morgan fingerprint density at radius 3 is 1.32 bits per heavy atom. The SMILES string of the molecule is CN(C)CCCCCN=C(N)c1ccc(C(N)=NCCCCCN(C)C)cc1. The molecule has 6 nitrogen and oxygen atoms in total. The molecule has 4 N–H and O–H groups in total. The Morgan fingerprint density at radius 2 is 1.00 bits per heavy atom. The molecule has 0 amide bonds. The quantitative estimate of drug-likeness (QED) is 0.291. The molecular formula is C22H40N6. The van der Waals surface area contributed by atoms with Gasteiger partial charge in [-0.15, -0.1) is 0 Å². The van der Waals surface area contributed by atoms with Crippen LogP contribution in [0.4, 0.5) is 0 Å². The Balaban J connectivity index is 2.38. The lowest BCUT2D eigenvalue weighted by Gasteiger charge is -2.08. The maximum absolute atomic E-state index is 6.11. The van der Waals surface area contributed by atoms with Crippen molar-refractivity contribution in [3.63, 3.8) is 0 Å². The molecule has 28 heavy (non-hydrogen) atoms. The van der Waals surface area contributed by atoms with Crippen molar-refractivity contribution in [3.05, 3.63) is 35.4 Å². The third-order valence-corrected chi connectivity index (χ3v) is 4.57. The Morgan fingerprint density at radius 1 is 0.643 bits per heavy atom. The molecule has 0 aliphatic heterocycles. The summed E-state index contributed by atoms with van der Waals surface area (Å²) in [5, 5.41) is 0. The predicted octanol–water partition coefficient (Wildman–Crippen LogP) is 2.56. The van der Waals surface area contributed by atoms with E-state index < -0.39 is 0 Å². The molecule has 0 aromatic heterocycles. The van der Waals surface area contributed by atoms with Gasteiger partial charge in [-0.3, -0.25) is 9.98 Å². The number of rotatable bonds is 14. The van der Waals surface area contributed by atoms with E-state index >= 15 is 0 Å². The number of benzene rings is 1. The minimum atomic E-state index is 0.593. The third kappa shape index (κ3) is 11.0. The summed E-state index contributed by atoms with van der Waals surface area (Å²) in [6.07, 6.45) is 6.89. The monoisotopic (exact) mass is 388 g/mol. The van der Waals surface area contributed by atoms with Gasteiger partial charge in [-0.2, -0.15) is 0 Å². The zero-order chi connectivity index (χ0) is 20.8. The molecule has 0 atom stereocenters. The van der Waals surface area contributed by atoms with Crippen molar-refractivity contribution >= 4 is 11.7 Å². The van der Waals surface area contributed by atoms with Crippen LogP contribution in [-0.2, 0) is 0 Å². The molecule has 0 radical (unpaired) electrons. The van der Waals surface area contributed by atoms with Gasteiger partial charge in [-0.1, -0.05) is 37.1 Å². The van der Waals surface area contributed by atoms with Crippen LogP contribution in [0.2, 0.25) is 0 Å². The summed E-state index contributed by atoms with van der Waals surface area (Å²) in [6.45, 7) is 3.80. The first kappa shape index (κ1) is 24.1. The van der Waals surface area contributed by atoms with Crippen LogP contribution >= 0.6 is 0 Å². The summed E-state index contributed by atoms with van der Waals surface area (Å²) in [4.78, 5) is 13.4. The number of aliphatic imine (C=N–C) groups is 2. The van der Waals surface area contributed by atoms with Gasteiger partial charge in [0.1, 0.15) is 11.7 Å². The zero-order valence-corrected chi connectivity index (χ0v) is 18.3. The van der Waals surface area contributed by atoms with E-state index in [-0.39, 0.29) is 0 Å². The lowest BCUT2D eigenvalue weighted by Crippen LogP contribution is -2.17. The van der Waals surface area contributed by atoms with Crippen LogP contribution < -0.4 is 11.5 Å². The molecule has 1 aromatic carbocycles. The van der Waals surface area contributed by atoms with E-state index in [1.54, 1.807) is 0 Å². The van der Waals surface area contributed by atoms with Gasteiger partial charge in [-0.25, -0.2) is 0 Å². The second-order valence-corrected chi connectivity index (χ2v) is 7.84. The zero-order valence-electron chi connectivity index (χ0n) is 18.3. The van der Waals surface area contributed by atoms with Gasteiger partial charge in [0, 0.05) is 24.2 Å². The number of hydrogen-bond donors (Lipinski definition) is 2. The summed E-state index contributed by atoms with van der Waals surface area (Å²) in [5.74, 6) is 1.19. The summed E-state index contributed by atoms with van der Waals surface area (Å²) < 4.78 is 0. The van der Waals surface area contributed by atoms with E-state index in [1.165, 1.54) is 25.7 Å². The molecule has 6 heteroatoms. The molecule has 0 unspecified atom stereocenters. The average Bonchev–Trinajstić information content (AvgIpc) is 2.66. The van der Waals surface area contributed by atoms with Crippen LogP contribution in [0.25, 0.3) is 0 Å². The molecule has 0 saturated carbocycles. The number of nitrogens with two attached hydrogens (primary N) is 2. The minimum absolute atomic E-state index is 0.593. The molecule has 0 spiro atoms. The average molecular weight is 389 g/mol. The molecule has 0 saturated heterocycles. The molecular weight excluding hydrogens is 348 g/mol. The summed E-state index contributed by atoms with van der Waals surface area (Å²) in [6, 6.07) is 7.89. The van der Waals surface area contributed by atoms with Crippen molar-refractivity contribution in [2.45, 2.75) is 38.5 Å². The molecule has 0 fully saturated rings. The first-order chi connectivity index (χ1) is 13.4. The summed E-state index contributed by atoms with van der Waals surface area (Å²) in [7, 11) is 8.40. The Kier molecular flexibility index (Phi) is 12.2. The van der Waals surface area contributed by atoms with Crippen LogP contribution in [-0.4, -0.2) is 75.8 Å². The molecule has 158 valence electrons. The number of amidine groups is 2. The Hall–Kier alpha value is -1.92. The van der Waals surface area contributed by atoms with Crippen LogP contribution in [0.1, 0.15) is 49.7 Å². The maximum atomic E-state index is 6.11.